The normalized spacial score (nSPS) is 11.9. The highest BCUT2D eigenvalue weighted by Gasteiger charge is 2.08. The first-order valence-electron chi connectivity index (χ1n) is 5.97. The average Bonchev–Trinajstić information content (AvgIpc) is 2.38. The highest BCUT2D eigenvalue weighted by Crippen LogP contribution is 2.27. The molecule has 5 heteroatoms. The summed E-state index contributed by atoms with van der Waals surface area (Å²) < 4.78 is 4.96. The van der Waals surface area contributed by atoms with Crippen LogP contribution in [0.15, 0.2) is 18.2 Å². The van der Waals surface area contributed by atoms with Crippen molar-refractivity contribution in [3.05, 3.63) is 18.2 Å². The summed E-state index contributed by atoms with van der Waals surface area (Å²) in [5.74, 6) is 0.352. The Labute approximate surface area is 107 Å². The summed E-state index contributed by atoms with van der Waals surface area (Å²) in [5, 5.41) is 15.4. The number of phenolic OH excluding ortho intramolecular Hbond substituents is 1. The molecule has 0 aliphatic rings. The van der Waals surface area contributed by atoms with E-state index in [1.807, 2.05) is 13.8 Å². The first-order valence-corrected chi connectivity index (χ1v) is 5.97. The Morgan fingerprint density at radius 3 is 2.78 bits per heavy atom. The van der Waals surface area contributed by atoms with E-state index in [-0.39, 0.29) is 18.2 Å². The van der Waals surface area contributed by atoms with E-state index in [0.717, 1.165) is 6.42 Å². The minimum Gasteiger partial charge on any atom is -0.506 e. The third-order valence-electron chi connectivity index (χ3n) is 2.70. The number of nitrogens with one attached hydrogen (secondary N) is 2. The van der Waals surface area contributed by atoms with E-state index in [0.29, 0.717) is 17.5 Å². The summed E-state index contributed by atoms with van der Waals surface area (Å²) in [4.78, 5) is 11.6. The standard InChI is InChI=1S/C13H20N2O3/c1-4-9(2)14-8-13(17)15-11-6-5-10(18-3)7-12(11)16/h5-7,9,14,16H,4,8H2,1-3H3,(H,15,17). The van der Waals surface area contributed by atoms with Crippen LogP contribution in [0.1, 0.15) is 20.3 Å². The van der Waals surface area contributed by atoms with Gasteiger partial charge in [0.1, 0.15) is 11.5 Å². The van der Waals surface area contributed by atoms with Crippen LogP contribution in [-0.2, 0) is 4.79 Å². The van der Waals surface area contributed by atoms with Crippen LogP contribution in [0.2, 0.25) is 0 Å². The number of amides is 1. The van der Waals surface area contributed by atoms with Gasteiger partial charge in [-0.05, 0) is 25.5 Å². The second-order valence-electron chi connectivity index (χ2n) is 4.12. The number of ether oxygens (including phenoxy) is 1. The molecule has 1 unspecified atom stereocenters. The molecule has 0 saturated heterocycles. The molecule has 3 N–H and O–H groups in total. The maximum Gasteiger partial charge on any atom is 0.238 e. The van der Waals surface area contributed by atoms with E-state index < -0.39 is 0 Å². The molecular formula is C13H20N2O3. The van der Waals surface area contributed by atoms with Crippen molar-refractivity contribution in [1.82, 2.24) is 5.32 Å². The van der Waals surface area contributed by atoms with Crippen LogP contribution in [0, 0.1) is 0 Å². The molecule has 0 saturated carbocycles. The minimum absolute atomic E-state index is 0.00811. The Kier molecular flexibility index (Phi) is 5.45. The molecule has 0 fully saturated rings. The van der Waals surface area contributed by atoms with Crippen LogP contribution in [-0.4, -0.2) is 30.7 Å². The Balaban J connectivity index is 2.54. The molecule has 5 nitrogen and oxygen atoms in total. The zero-order valence-corrected chi connectivity index (χ0v) is 11.0. The largest absolute Gasteiger partial charge is 0.506 e. The van der Waals surface area contributed by atoms with Crippen LogP contribution in [0.3, 0.4) is 0 Å². The van der Waals surface area contributed by atoms with E-state index in [2.05, 4.69) is 10.6 Å². The number of rotatable bonds is 6. The number of hydrogen-bond donors (Lipinski definition) is 3. The second kappa shape index (κ2) is 6.86. The van der Waals surface area contributed by atoms with Crippen LogP contribution in [0.4, 0.5) is 5.69 Å². The smallest absolute Gasteiger partial charge is 0.238 e. The fourth-order valence-corrected chi connectivity index (χ4v) is 1.35. The van der Waals surface area contributed by atoms with Crippen LogP contribution in [0.5, 0.6) is 11.5 Å². The van der Waals surface area contributed by atoms with Crippen LogP contribution >= 0.6 is 0 Å². The van der Waals surface area contributed by atoms with Gasteiger partial charge >= 0.3 is 0 Å². The number of carbonyl (C=O) groups excluding carboxylic acids is 1. The molecule has 0 aromatic heterocycles. The Morgan fingerprint density at radius 2 is 2.22 bits per heavy atom. The molecule has 0 bridgehead atoms. The molecule has 18 heavy (non-hydrogen) atoms. The minimum atomic E-state index is -0.184. The van der Waals surface area contributed by atoms with Crippen molar-refractivity contribution in [1.29, 1.82) is 0 Å². The van der Waals surface area contributed by atoms with E-state index in [1.54, 1.807) is 12.1 Å². The summed E-state index contributed by atoms with van der Waals surface area (Å²) in [6.45, 7) is 4.28. The number of anilines is 1. The lowest BCUT2D eigenvalue weighted by molar-refractivity contribution is -0.115. The van der Waals surface area contributed by atoms with E-state index >= 15 is 0 Å². The van der Waals surface area contributed by atoms with Gasteiger partial charge < -0.3 is 20.5 Å². The SMILES string of the molecule is CCC(C)NCC(=O)Nc1ccc(OC)cc1O. The van der Waals surface area contributed by atoms with Crippen molar-refractivity contribution in [3.8, 4) is 11.5 Å². The molecule has 0 radical (unpaired) electrons. The number of carbonyl (C=O) groups is 1. The predicted molar refractivity (Wildman–Crippen MR) is 71.0 cm³/mol. The van der Waals surface area contributed by atoms with Crippen molar-refractivity contribution in [3.63, 3.8) is 0 Å². The lowest BCUT2D eigenvalue weighted by Crippen LogP contribution is -2.33. The molecular weight excluding hydrogens is 232 g/mol. The number of hydrogen-bond acceptors (Lipinski definition) is 4. The molecule has 100 valence electrons. The molecule has 1 aromatic rings. The summed E-state index contributed by atoms with van der Waals surface area (Å²) in [6.07, 6.45) is 0.959. The van der Waals surface area contributed by atoms with Gasteiger partial charge in [-0.1, -0.05) is 6.92 Å². The van der Waals surface area contributed by atoms with Crippen molar-refractivity contribution >= 4 is 11.6 Å². The van der Waals surface area contributed by atoms with Crippen molar-refractivity contribution in [2.75, 3.05) is 19.0 Å². The third kappa shape index (κ3) is 4.25. The topological polar surface area (TPSA) is 70.6 Å². The average molecular weight is 252 g/mol. The quantitative estimate of drug-likeness (QED) is 0.674. The number of aromatic hydroxyl groups is 1. The van der Waals surface area contributed by atoms with Gasteiger partial charge in [0.05, 0.1) is 19.3 Å². The van der Waals surface area contributed by atoms with Gasteiger partial charge in [-0.15, -0.1) is 0 Å². The van der Waals surface area contributed by atoms with Gasteiger partial charge in [0.25, 0.3) is 0 Å². The molecule has 0 aliphatic carbocycles. The van der Waals surface area contributed by atoms with Gasteiger partial charge in [0.2, 0.25) is 5.91 Å². The fourth-order valence-electron chi connectivity index (χ4n) is 1.35. The van der Waals surface area contributed by atoms with Crippen molar-refractivity contribution in [2.24, 2.45) is 0 Å². The monoisotopic (exact) mass is 252 g/mol. The van der Waals surface area contributed by atoms with Crippen molar-refractivity contribution < 1.29 is 14.6 Å². The molecule has 1 atom stereocenters. The van der Waals surface area contributed by atoms with Crippen molar-refractivity contribution in [2.45, 2.75) is 26.3 Å². The lowest BCUT2D eigenvalue weighted by Gasteiger charge is -2.12. The molecule has 1 aromatic carbocycles. The summed E-state index contributed by atoms with van der Waals surface area (Å²) in [6, 6.07) is 5.03. The van der Waals surface area contributed by atoms with E-state index in [4.69, 9.17) is 4.74 Å². The number of methoxy groups -OCH3 is 1. The lowest BCUT2D eigenvalue weighted by atomic mass is 10.2. The van der Waals surface area contributed by atoms with Gasteiger partial charge in [-0.25, -0.2) is 0 Å². The van der Waals surface area contributed by atoms with E-state index in [1.165, 1.54) is 13.2 Å². The number of benzene rings is 1. The Bertz CT molecular complexity index is 407. The molecule has 0 heterocycles. The number of phenols is 1. The highest BCUT2D eigenvalue weighted by molar-refractivity contribution is 5.93. The highest BCUT2D eigenvalue weighted by atomic mass is 16.5. The summed E-state index contributed by atoms with van der Waals surface area (Å²) in [7, 11) is 1.52. The van der Waals surface area contributed by atoms with Gasteiger partial charge in [0, 0.05) is 12.1 Å². The van der Waals surface area contributed by atoms with Gasteiger partial charge in [0.15, 0.2) is 0 Å². The maximum atomic E-state index is 11.6. The van der Waals surface area contributed by atoms with E-state index in [9.17, 15) is 9.90 Å². The van der Waals surface area contributed by atoms with Gasteiger partial charge in [-0.3, -0.25) is 4.79 Å². The third-order valence-corrected chi connectivity index (χ3v) is 2.70. The van der Waals surface area contributed by atoms with Crippen LogP contribution < -0.4 is 15.4 Å². The van der Waals surface area contributed by atoms with Gasteiger partial charge in [-0.2, -0.15) is 0 Å². The fraction of sp³-hybridized carbons (Fsp3) is 0.462. The molecule has 1 amide bonds. The maximum absolute atomic E-state index is 11.6. The Morgan fingerprint density at radius 1 is 1.50 bits per heavy atom. The molecule has 0 spiro atoms. The first-order chi connectivity index (χ1) is 8.56. The van der Waals surface area contributed by atoms with Crippen LogP contribution in [0.25, 0.3) is 0 Å². The first kappa shape index (κ1) is 14.3. The zero-order chi connectivity index (χ0) is 13.5. The molecule has 0 aliphatic heterocycles. The second-order valence-corrected chi connectivity index (χ2v) is 4.12. The Hall–Kier alpha value is -1.75. The summed E-state index contributed by atoms with van der Waals surface area (Å²) in [5.41, 5.74) is 0.381. The molecule has 1 rings (SSSR count). The summed E-state index contributed by atoms with van der Waals surface area (Å²) >= 11 is 0. The zero-order valence-electron chi connectivity index (χ0n) is 11.0. The predicted octanol–water partition coefficient (Wildman–Crippen LogP) is 1.73.